The zero-order chi connectivity index (χ0) is 10.7. The summed E-state index contributed by atoms with van der Waals surface area (Å²) >= 11 is 0. The number of rotatable bonds is 2. The van der Waals surface area contributed by atoms with E-state index in [2.05, 4.69) is 5.32 Å². The average molecular weight is 205 g/mol. The molecule has 4 nitrogen and oxygen atoms in total. The highest BCUT2D eigenvalue weighted by atomic mass is 16.5. The summed E-state index contributed by atoms with van der Waals surface area (Å²) in [6, 6.07) is 7.20. The first-order chi connectivity index (χ1) is 7.29. The van der Waals surface area contributed by atoms with E-state index in [0.717, 1.165) is 11.8 Å². The zero-order valence-electron chi connectivity index (χ0n) is 8.10. The van der Waals surface area contributed by atoms with Gasteiger partial charge in [-0.15, -0.1) is 0 Å². The second-order valence-corrected chi connectivity index (χ2v) is 3.39. The van der Waals surface area contributed by atoms with Gasteiger partial charge in [0.1, 0.15) is 19.0 Å². The van der Waals surface area contributed by atoms with E-state index in [1.807, 2.05) is 6.07 Å². The van der Waals surface area contributed by atoms with Gasteiger partial charge >= 0.3 is 0 Å². The van der Waals surface area contributed by atoms with Crippen molar-refractivity contribution < 1.29 is 14.3 Å². The Hall–Kier alpha value is -1.68. The molecule has 1 aromatic rings. The average Bonchev–Trinajstić information content (AvgIpc) is 2.30. The highest BCUT2D eigenvalue weighted by Gasteiger charge is 2.19. The Morgan fingerprint density at radius 3 is 3.00 bits per heavy atom. The lowest BCUT2D eigenvalue weighted by atomic mass is 10.1. The van der Waals surface area contributed by atoms with Crippen LogP contribution in [-0.4, -0.2) is 25.3 Å². The largest absolute Gasteiger partial charge is 0.362 e. The van der Waals surface area contributed by atoms with E-state index in [9.17, 15) is 9.59 Å². The van der Waals surface area contributed by atoms with Crippen LogP contribution in [-0.2, 0) is 9.53 Å². The Balaban J connectivity index is 2.15. The number of benzene rings is 1. The minimum Gasteiger partial charge on any atom is -0.362 e. The number of hydrogen-bond donors (Lipinski definition) is 1. The highest BCUT2D eigenvalue weighted by Crippen LogP contribution is 2.19. The SMILES string of the molecule is O=Cc1cccc(C2CNC(=O)CO2)c1. The highest BCUT2D eigenvalue weighted by molar-refractivity contribution is 5.78. The molecule has 1 aliphatic heterocycles. The smallest absolute Gasteiger partial charge is 0.246 e. The minimum absolute atomic E-state index is 0.0793. The number of carbonyl (C=O) groups is 2. The van der Waals surface area contributed by atoms with Crippen molar-refractivity contribution in [3.05, 3.63) is 35.4 Å². The Bertz CT molecular complexity index is 379. The standard InChI is InChI=1S/C11H11NO3/c13-6-8-2-1-3-9(4-8)10-5-12-11(14)7-15-10/h1-4,6,10H,5,7H2,(H,12,14). The first kappa shape index (κ1) is 9.86. The Morgan fingerprint density at radius 1 is 1.47 bits per heavy atom. The normalized spacial score (nSPS) is 20.8. The first-order valence-corrected chi connectivity index (χ1v) is 4.73. The second-order valence-electron chi connectivity index (χ2n) is 3.39. The summed E-state index contributed by atoms with van der Waals surface area (Å²) in [5.41, 5.74) is 1.53. The van der Waals surface area contributed by atoms with Crippen molar-refractivity contribution in [3.63, 3.8) is 0 Å². The number of morpholine rings is 1. The molecule has 1 aromatic carbocycles. The van der Waals surface area contributed by atoms with Crippen molar-refractivity contribution in [2.75, 3.05) is 13.2 Å². The molecule has 4 heteroatoms. The molecule has 0 saturated carbocycles. The summed E-state index contributed by atoms with van der Waals surface area (Å²) in [5.74, 6) is -0.0993. The molecule has 1 N–H and O–H groups in total. The van der Waals surface area contributed by atoms with Crippen molar-refractivity contribution in [1.29, 1.82) is 0 Å². The molecule has 1 unspecified atom stereocenters. The molecule has 0 aromatic heterocycles. The molecule has 78 valence electrons. The number of amides is 1. The van der Waals surface area contributed by atoms with Crippen LogP contribution in [0.5, 0.6) is 0 Å². The van der Waals surface area contributed by atoms with Crippen molar-refractivity contribution in [3.8, 4) is 0 Å². The Kier molecular flexibility index (Phi) is 2.78. The maximum atomic E-state index is 10.9. The molecule has 0 spiro atoms. The third-order valence-corrected chi connectivity index (χ3v) is 2.32. The van der Waals surface area contributed by atoms with Crippen LogP contribution in [0.25, 0.3) is 0 Å². The number of nitrogens with one attached hydrogen (secondary N) is 1. The number of carbonyl (C=O) groups excluding carboxylic acids is 2. The van der Waals surface area contributed by atoms with E-state index in [4.69, 9.17) is 4.74 Å². The van der Waals surface area contributed by atoms with Gasteiger partial charge in [-0.2, -0.15) is 0 Å². The van der Waals surface area contributed by atoms with Gasteiger partial charge in [0.15, 0.2) is 0 Å². The van der Waals surface area contributed by atoms with Gasteiger partial charge in [-0.05, 0) is 11.6 Å². The third kappa shape index (κ3) is 2.22. The van der Waals surface area contributed by atoms with Crippen LogP contribution in [0, 0.1) is 0 Å². The summed E-state index contributed by atoms with van der Waals surface area (Å²) in [6.07, 6.45) is 0.646. The van der Waals surface area contributed by atoms with Gasteiger partial charge in [0.05, 0.1) is 0 Å². The minimum atomic E-state index is -0.150. The van der Waals surface area contributed by atoms with E-state index in [1.54, 1.807) is 18.2 Å². The molecule has 1 heterocycles. The maximum absolute atomic E-state index is 10.9. The van der Waals surface area contributed by atoms with Crippen LogP contribution < -0.4 is 5.32 Å². The molecule has 1 amide bonds. The van der Waals surface area contributed by atoms with Crippen LogP contribution in [0.4, 0.5) is 0 Å². The molecule has 1 aliphatic rings. The van der Waals surface area contributed by atoms with Crippen molar-refractivity contribution in [2.45, 2.75) is 6.10 Å². The molecular weight excluding hydrogens is 194 g/mol. The fourth-order valence-corrected chi connectivity index (χ4v) is 1.54. The van der Waals surface area contributed by atoms with E-state index in [0.29, 0.717) is 12.1 Å². The molecule has 1 atom stereocenters. The van der Waals surface area contributed by atoms with Gasteiger partial charge in [-0.1, -0.05) is 18.2 Å². The van der Waals surface area contributed by atoms with Gasteiger partial charge in [-0.25, -0.2) is 0 Å². The van der Waals surface area contributed by atoms with Crippen molar-refractivity contribution >= 4 is 12.2 Å². The lowest BCUT2D eigenvalue weighted by Gasteiger charge is -2.23. The van der Waals surface area contributed by atoms with Crippen molar-refractivity contribution in [2.24, 2.45) is 0 Å². The summed E-state index contributed by atoms with van der Waals surface area (Å²) < 4.78 is 5.35. The van der Waals surface area contributed by atoms with Crippen LogP contribution in [0.2, 0.25) is 0 Å². The quantitative estimate of drug-likeness (QED) is 0.722. The summed E-state index contributed by atoms with van der Waals surface area (Å²) in [7, 11) is 0. The van der Waals surface area contributed by atoms with Crippen LogP contribution in [0.3, 0.4) is 0 Å². The van der Waals surface area contributed by atoms with Crippen LogP contribution in [0.1, 0.15) is 22.0 Å². The van der Waals surface area contributed by atoms with Gasteiger partial charge in [0.2, 0.25) is 5.91 Å². The lowest BCUT2D eigenvalue weighted by Crippen LogP contribution is -2.38. The summed E-state index contributed by atoms with van der Waals surface area (Å²) in [4.78, 5) is 21.5. The first-order valence-electron chi connectivity index (χ1n) is 4.73. The zero-order valence-corrected chi connectivity index (χ0v) is 8.10. The van der Waals surface area contributed by atoms with E-state index in [-0.39, 0.29) is 18.6 Å². The lowest BCUT2D eigenvalue weighted by molar-refractivity contribution is -0.133. The second kappa shape index (κ2) is 4.23. The summed E-state index contributed by atoms with van der Waals surface area (Å²) in [6.45, 7) is 0.539. The molecule has 1 fully saturated rings. The monoisotopic (exact) mass is 205 g/mol. The molecule has 2 rings (SSSR count). The Labute approximate surface area is 87.2 Å². The third-order valence-electron chi connectivity index (χ3n) is 2.32. The van der Waals surface area contributed by atoms with Crippen molar-refractivity contribution in [1.82, 2.24) is 5.32 Å². The topological polar surface area (TPSA) is 55.4 Å². The summed E-state index contributed by atoms with van der Waals surface area (Å²) in [5, 5.41) is 2.72. The van der Waals surface area contributed by atoms with Crippen LogP contribution >= 0.6 is 0 Å². The molecule has 0 aliphatic carbocycles. The number of hydrogen-bond acceptors (Lipinski definition) is 3. The van der Waals surface area contributed by atoms with Crippen LogP contribution in [0.15, 0.2) is 24.3 Å². The fourth-order valence-electron chi connectivity index (χ4n) is 1.54. The fraction of sp³-hybridized carbons (Fsp3) is 0.273. The Morgan fingerprint density at radius 2 is 2.33 bits per heavy atom. The maximum Gasteiger partial charge on any atom is 0.246 e. The molecule has 0 radical (unpaired) electrons. The van der Waals surface area contributed by atoms with Gasteiger partial charge < -0.3 is 10.1 Å². The van der Waals surface area contributed by atoms with Gasteiger partial charge in [-0.3, -0.25) is 9.59 Å². The molecule has 1 saturated heterocycles. The molecule has 0 bridgehead atoms. The van der Waals surface area contributed by atoms with Gasteiger partial charge in [0.25, 0.3) is 0 Å². The van der Waals surface area contributed by atoms with Gasteiger partial charge in [0, 0.05) is 12.1 Å². The number of aldehydes is 1. The molecular formula is C11H11NO3. The predicted octanol–water partition coefficient (Wildman–Crippen LogP) is 0.687. The molecule has 15 heavy (non-hydrogen) atoms. The van der Waals surface area contributed by atoms with E-state index in [1.165, 1.54) is 0 Å². The number of ether oxygens (including phenoxy) is 1. The predicted molar refractivity (Wildman–Crippen MR) is 53.5 cm³/mol. The van der Waals surface area contributed by atoms with E-state index < -0.39 is 0 Å². The van der Waals surface area contributed by atoms with E-state index >= 15 is 0 Å².